The summed E-state index contributed by atoms with van der Waals surface area (Å²) in [5.41, 5.74) is 5.94. The van der Waals surface area contributed by atoms with Crippen LogP contribution in [-0.4, -0.2) is 9.97 Å². The summed E-state index contributed by atoms with van der Waals surface area (Å²) in [5, 5.41) is 5.14. The van der Waals surface area contributed by atoms with Gasteiger partial charge in [0.25, 0.3) is 0 Å². The summed E-state index contributed by atoms with van der Waals surface area (Å²) in [6.07, 6.45) is 1.71. The largest absolute Gasteiger partial charge is 0.235 e. The van der Waals surface area contributed by atoms with E-state index >= 15 is 0 Å². The van der Waals surface area contributed by atoms with E-state index in [0.717, 1.165) is 11.2 Å². The molecule has 2 heterocycles. The Hall–Kier alpha value is -2.78. The van der Waals surface area contributed by atoms with Crippen molar-refractivity contribution in [3.8, 4) is 11.3 Å². The maximum absolute atomic E-state index is 4.72. The standard InChI is InChI=1S/C26H24N2S/c1-15-16(2)29-25-23(15)27-14-28-24(25)20-11-19-10-17-8-6-7-9-18(17)12-21(19)22(13-20)26(3,4)5/h6-14H,1-5H3. The monoisotopic (exact) mass is 396 g/mol. The molecule has 0 saturated heterocycles. The smallest absolute Gasteiger partial charge is 0.116 e. The average molecular weight is 397 g/mol. The Morgan fingerprint density at radius 3 is 2.28 bits per heavy atom. The summed E-state index contributed by atoms with van der Waals surface area (Å²) in [4.78, 5) is 10.6. The van der Waals surface area contributed by atoms with Crippen LogP contribution in [0.1, 0.15) is 36.8 Å². The summed E-state index contributed by atoms with van der Waals surface area (Å²) in [6, 6.07) is 17.9. The molecule has 3 aromatic carbocycles. The van der Waals surface area contributed by atoms with E-state index in [1.54, 1.807) is 17.7 Å². The van der Waals surface area contributed by atoms with Gasteiger partial charge in [-0.25, -0.2) is 9.97 Å². The van der Waals surface area contributed by atoms with E-state index in [9.17, 15) is 0 Å². The molecule has 0 aliphatic carbocycles. The van der Waals surface area contributed by atoms with Crippen LogP contribution in [0.2, 0.25) is 0 Å². The highest BCUT2D eigenvalue weighted by Gasteiger charge is 2.21. The highest BCUT2D eigenvalue weighted by Crippen LogP contribution is 2.40. The van der Waals surface area contributed by atoms with Crippen molar-refractivity contribution in [2.45, 2.75) is 40.0 Å². The Balaban J connectivity index is 1.88. The molecule has 0 fully saturated rings. The molecular weight excluding hydrogens is 372 g/mol. The maximum atomic E-state index is 4.72. The molecule has 0 aliphatic heterocycles. The van der Waals surface area contributed by atoms with Gasteiger partial charge >= 0.3 is 0 Å². The van der Waals surface area contributed by atoms with Crippen LogP contribution in [0, 0.1) is 13.8 Å². The summed E-state index contributed by atoms with van der Waals surface area (Å²) in [6.45, 7) is 11.2. The molecule has 144 valence electrons. The van der Waals surface area contributed by atoms with Gasteiger partial charge < -0.3 is 0 Å². The van der Waals surface area contributed by atoms with Crippen LogP contribution in [0.5, 0.6) is 0 Å². The van der Waals surface area contributed by atoms with Gasteiger partial charge in [-0.1, -0.05) is 45.0 Å². The quantitative estimate of drug-likeness (QED) is 0.273. The summed E-state index contributed by atoms with van der Waals surface area (Å²) in [7, 11) is 0. The predicted molar refractivity (Wildman–Crippen MR) is 126 cm³/mol. The van der Waals surface area contributed by atoms with Gasteiger partial charge in [-0.2, -0.15) is 0 Å². The molecule has 0 bridgehead atoms. The first-order chi connectivity index (χ1) is 13.8. The number of nitrogens with zero attached hydrogens (tertiary/aromatic N) is 2. The van der Waals surface area contributed by atoms with Crippen molar-refractivity contribution in [2.24, 2.45) is 0 Å². The van der Waals surface area contributed by atoms with E-state index in [-0.39, 0.29) is 5.41 Å². The normalized spacial score (nSPS) is 12.3. The van der Waals surface area contributed by atoms with Crippen molar-refractivity contribution >= 4 is 43.1 Å². The second kappa shape index (κ2) is 6.36. The van der Waals surface area contributed by atoms with Crippen LogP contribution in [0.25, 0.3) is 43.0 Å². The fourth-order valence-corrected chi connectivity index (χ4v) is 5.28. The molecule has 0 N–H and O–H groups in total. The average Bonchev–Trinajstić information content (AvgIpc) is 2.99. The van der Waals surface area contributed by atoms with Gasteiger partial charge in [-0.3, -0.25) is 0 Å². The molecular formula is C26H24N2S. The molecule has 29 heavy (non-hydrogen) atoms. The molecule has 5 rings (SSSR count). The zero-order chi connectivity index (χ0) is 20.3. The minimum atomic E-state index is 0.0319. The SMILES string of the molecule is Cc1sc2c(-c3cc(C(C)(C)C)c4cc5ccccc5cc4c3)ncnc2c1C. The second-order valence-electron chi connectivity index (χ2n) is 8.88. The van der Waals surface area contributed by atoms with Crippen molar-refractivity contribution in [1.29, 1.82) is 0 Å². The highest BCUT2D eigenvalue weighted by molar-refractivity contribution is 7.19. The third kappa shape index (κ3) is 2.92. The van der Waals surface area contributed by atoms with Crippen molar-refractivity contribution < 1.29 is 0 Å². The van der Waals surface area contributed by atoms with Crippen LogP contribution >= 0.6 is 11.3 Å². The summed E-state index contributed by atoms with van der Waals surface area (Å²) in [5.74, 6) is 0. The van der Waals surface area contributed by atoms with Crippen LogP contribution in [0.3, 0.4) is 0 Å². The van der Waals surface area contributed by atoms with E-state index in [1.165, 1.54) is 47.8 Å². The predicted octanol–water partition coefficient (Wildman–Crippen LogP) is 7.58. The van der Waals surface area contributed by atoms with Crippen molar-refractivity contribution in [1.82, 2.24) is 9.97 Å². The van der Waals surface area contributed by atoms with Crippen LogP contribution < -0.4 is 0 Å². The Morgan fingerprint density at radius 1 is 0.828 bits per heavy atom. The van der Waals surface area contributed by atoms with Gasteiger partial charge in [0.15, 0.2) is 0 Å². The lowest BCUT2D eigenvalue weighted by atomic mass is 9.81. The van der Waals surface area contributed by atoms with Gasteiger partial charge in [0.2, 0.25) is 0 Å². The first-order valence-corrected chi connectivity index (χ1v) is 10.8. The number of hydrogen-bond donors (Lipinski definition) is 0. The summed E-state index contributed by atoms with van der Waals surface area (Å²) < 4.78 is 1.18. The molecule has 2 aromatic heterocycles. The topological polar surface area (TPSA) is 25.8 Å². The Labute approximate surface area is 175 Å². The minimum Gasteiger partial charge on any atom is -0.235 e. The van der Waals surface area contributed by atoms with E-state index in [2.05, 4.69) is 88.1 Å². The fraction of sp³-hybridized carbons (Fsp3) is 0.231. The van der Waals surface area contributed by atoms with Gasteiger partial charge in [-0.05, 0) is 76.2 Å². The Bertz CT molecular complexity index is 1400. The fourth-order valence-electron chi connectivity index (χ4n) is 4.15. The first kappa shape index (κ1) is 18.3. The Kier molecular flexibility index (Phi) is 4.01. The highest BCUT2D eigenvalue weighted by atomic mass is 32.1. The van der Waals surface area contributed by atoms with Crippen molar-refractivity contribution in [3.63, 3.8) is 0 Å². The number of hydrogen-bond acceptors (Lipinski definition) is 3. The summed E-state index contributed by atoms with van der Waals surface area (Å²) >= 11 is 1.80. The number of benzene rings is 3. The third-order valence-electron chi connectivity index (χ3n) is 5.84. The maximum Gasteiger partial charge on any atom is 0.116 e. The van der Waals surface area contributed by atoms with Gasteiger partial charge in [0.1, 0.15) is 6.33 Å². The molecule has 2 nitrogen and oxygen atoms in total. The van der Waals surface area contributed by atoms with Crippen molar-refractivity contribution in [2.75, 3.05) is 0 Å². The molecule has 0 unspecified atom stereocenters. The van der Waals surface area contributed by atoms with Gasteiger partial charge in [-0.15, -0.1) is 11.3 Å². The number of aromatic nitrogens is 2. The number of rotatable bonds is 1. The number of aryl methyl sites for hydroxylation is 2. The Morgan fingerprint density at radius 2 is 1.55 bits per heavy atom. The van der Waals surface area contributed by atoms with E-state index in [1.807, 2.05) is 0 Å². The third-order valence-corrected chi connectivity index (χ3v) is 7.05. The molecule has 0 aliphatic rings. The second-order valence-corrected chi connectivity index (χ2v) is 10.1. The number of thiophene rings is 1. The first-order valence-electron chi connectivity index (χ1n) is 10.0. The molecule has 0 spiro atoms. The molecule has 0 atom stereocenters. The zero-order valence-electron chi connectivity index (χ0n) is 17.5. The van der Waals surface area contributed by atoms with Crippen molar-refractivity contribution in [3.05, 3.63) is 70.9 Å². The van der Waals surface area contributed by atoms with E-state index < -0.39 is 0 Å². The zero-order valence-corrected chi connectivity index (χ0v) is 18.3. The molecule has 5 aromatic rings. The van der Waals surface area contributed by atoms with Gasteiger partial charge in [0, 0.05) is 10.4 Å². The van der Waals surface area contributed by atoms with E-state index in [0.29, 0.717) is 0 Å². The molecule has 3 heteroatoms. The van der Waals surface area contributed by atoms with Crippen LogP contribution in [0.15, 0.2) is 54.9 Å². The van der Waals surface area contributed by atoms with Gasteiger partial charge in [0.05, 0.1) is 15.9 Å². The van der Waals surface area contributed by atoms with Crippen LogP contribution in [0.4, 0.5) is 0 Å². The number of fused-ring (bicyclic) bond motifs is 3. The lowest BCUT2D eigenvalue weighted by Crippen LogP contribution is -2.12. The molecule has 0 amide bonds. The van der Waals surface area contributed by atoms with E-state index in [4.69, 9.17) is 4.98 Å². The molecule has 0 saturated carbocycles. The lowest BCUT2D eigenvalue weighted by Gasteiger charge is -2.23. The van der Waals surface area contributed by atoms with Crippen LogP contribution in [-0.2, 0) is 5.41 Å². The molecule has 0 radical (unpaired) electrons. The lowest BCUT2D eigenvalue weighted by molar-refractivity contribution is 0.596. The minimum absolute atomic E-state index is 0.0319.